The van der Waals surface area contributed by atoms with Gasteiger partial charge in [-0.05, 0) is 43.4 Å². The maximum atomic E-state index is 13.1. The van der Waals surface area contributed by atoms with Gasteiger partial charge in [0.25, 0.3) is 0 Å². The Morgan fingerprint density at radius 2 is 1.71 bits per heavy atom. The van der Waals surface area contributed by atoms with Crippen LogP contribution in [-0.2, 0) is 26.8 Å². The van der Waals surface area contributed by atoms with Crippen LogP contribution in [0.15, 0.2) is 65.6 Å². The summed E-state index contributed by atoms with van der Waals surface area (Å²) >= 11 is 0. The van der Waals surface area contributed by atoms with E-state index in [9.17, 15) is 9.00 Å². The Hall–Kier alpha value is -1.94. The van der Waals surface area contributed by atoms with E-state index < -0.39 is 10.8 Å². The van der Waals surface area contributed by atoms with Gasteiger partial charge in [-0.1, -0.05) is 48.5 Å². The van der Waals surface area contributed by atoms with Crippen LogP contribution >= 0.6 is 0 Å². The molecular formula is C20H22O3S. The van der Waals surface area contributed by atoms with E-state index in [0.29, 0.717) is 6.42 Å². The van der Waals surface area contributed by atoms with E-state index in [2.05, 4.69) is 12.1 Å². The average Bonchev–Trinajstić information content (AvgIpc) is 2.63. The Balaban J connectivity index is 1.77. The van der Waals surface area contributed by atoms with E-state index in [0.717, 1.165) is 30.6 Å². The van der Waals surface area contributed by atoms with Crippen LogP contribution in [0.3, 0.4) is 0 Å². The van der Waals surface area contributed by atoms with Gasteiger partial charge in [0.1, 0.15) is 6.10 Å². The van der Waals surface area contributed by atoms with Crippen LogP contribution in [0.2, 0.25) is 0 Å². The third-order valence-electron chi connectivity index (χ3n) is 4.38. The molecule has 2 aromatic carbocycles. The topological polar surface area (TPSA) is 43.4 Å². The second-order valence-electron chi connectivity index (χ2n) is 6.09. The average molecular weight is 342 g/mol. The standard InChI is InChI=1S/C20H22O3S/c21-20-13-7-12-18(23-20)19(15-14-16-8-3-1-4-9-16)24(22)17-10-5-2-6-11-17/h1-6,8-11,18-19H,7,12-15H2. The number of rotatable bonds is 6. The highest BCUT2D eigenvalue weighted by molar-refractivity contribution is 7.85. The number of esters is 1. The summed E-state index contributed by atoms with van der Waals surface area (Å²) in [6.07, 6.45) is 3.40. The third kappa shape index (κ3) is 4.32. The maximum Gasteiger partial charge on any atom is 0.306 e. The summed E-state index contributed by atoms with van der Waals surface area (Å²) in [6, 6.07) is 19.7. The highest BCUT2D eigenvalue weighted by Gasteiger charge is 2.33. The molecule has 3 rings (SSSR count). The highest BCUT2D eigenvalue weighted by atomic mass is 32.2. The summed E-state index contributed by atoms with van der Waals surface area (Å²) in [5, 5.41) is -0.170. The number of hydrogen-bond acceptors (Lipinski definition) is 3. The zero-order chi connectivity index (χ0) is 16.8. The van der Waals surface area contributed by atoms with E-state index in [4.69, 9.17) is 4.74 Å². The monoisotopic (exact) mass is 342 g/mol. The molecule has 1 aliphatic heterocycles. The lowest BCUT2D eigenvalue weighted by atomic mass is 10.0. The van der Waals surface area contributed by atoms with Gasteiger partial charge in [-0.15, -0.1) is 0 Å². The highest BCUT2D eigenvalue weighted by Crippen LogP contribution is 2.26. The molecule has 0 amide bonds. The van der Waals surface area contributed by atoms with Crippen molar-refractivity contribution in [1.29, 1.82) is 0 Å². The lowest BCUT2D eigenvalue weighted by molar-refractivity contribution is -0.153. The first kappa shape index (κ1) is 16.9. The van der Waals surface area contributed by atoms with Gasteiger partial charge in [-0.2, -0.15) is 0 Å². The predicted octanol–water partition coefficient (Wildman–Crippen LogP) is 3.89. The molecule has 126 valence electrons. The molecular weight excluding hydrogens is 320 g/mol. The summed E-state index contributed by atoms with van der Waals surface area (Å²) < 4.78 is 18.6. The van der Waals surface area contributed by atoms with Crippen molar-refractivity contribution in [3.63, 3.8) is 0 Å². The molecule has 3 unspecified atom stereocenters. The SMILES string of the molecule is O=C1CCCC(C(CCc2ccccc2)S(=O)c2ccccc2)O1. The maximum absolute atomic E-state index is 13.1. The van der Waals surface area contributed by atoms with Crippen molar-refractivity contribution in [2.75, 3.05) is 0 Å². The summed E-state index contributed by atoms with van der Waals surface area (Å²) in [7, 11) is -1.18. The summed E-state index contributed by atoms with van der Waals surface area (Å²) in [6.45, 7) is 0. The van der Waals surface area contributed by atoms with Crippen LogP contribution in [0.5, 0.6) is 0 Å². The number of carbonyl (C=O) groups is 1. The van der Waals surface area contributed by atoms with Crippen LogP contribution < -0.4 is 0 Å². The van der Waals surface area contributed by atoms with Gasteiger partial charge in [-0.25, -0.2) is 0 Å². The molecule has 0 aliphatic carbocycles. The minimum atomic E-state index is -1.18. The van der Waals surface area contributed by atoms with E-state index in [1.54, 1.807) is 0 Å². The van der Waals surface area contributed by atoms with E-state index >= 15 is 0 Å². The van der Waals surface area contributed by atoms with E-state index in [-0.39, 0.29) is 17.3 Å². The van der Waals surface area contributed by atoms with E-state index in [1.807, 2.05) is 48.5 Å². The molecule has 0 N–H and O–H groups in total. The number of hydrogen-bond donors (Lipinski definition) is 0. The second-order valence-corrected chi connectivity index (χ2v) is 7.77. The summed E-state index contributed by atoms with van der Waals surface area (Å²) in [5.41, 5.74) is 1.22. The molecule has 0 bridgehead atoms. The van der Waals surface area contributed by atoms with Crippen LogP contribution in [0.1, 0.15) is 31.2 Å². The van der Waals surface area contributed by atoms with Crippen molar-refractivity contribution >= 4 is 16.8 Å². The first-order valence-corrected chi connectivity index (χ1v) is 9.64. The quantitative estimate of drug-likeness (QED) is 0.748. The van der Waals surface area contributed by atoms with Crippen molar-refractivity contribution in [2.45, 2.75) is 48.4 Å². The molecule has 4 heteroatoms. The van der Waals surface area contributed by atoms with Crippen molar-refractivity contribution < 1.29 is 13.7 Å². The van der Waals surface area contributed by atoms with Crippen molar-refractivity contribution in [3.8, 4) is 0 Å². The summed E-state index contributed by atoms with van der Waals surface area (Å²) in [5.74, 6) is -0.166. The van der Waals surface area contributed by atoms with Gasteiger partial charge >= 0.3 is 5.97 Å². The van der Waals surface area contributed by atoms with Gasteiger partial charge < -0.3 is 4.74 Å². The normalized spacial score (nSPS) is 20.2. The first-order valence-electron chi connectivity index (χ1n) is 8.43. The van der Waals surface area contributed by atoms with E-state index in [1.165, 1.54) is 5.56 Å². The number of aryl methyl sites for hydroxylation is 1. The van der Waals surface area contributed by atoms with Gasteiger partial charge in [0.2, 0.25) is 0 Å². The molecule has 1 fully saturated rings. The fraction of sp³-hybridized carbons (Fsp3) is 0.350. The molecule has 0 radical (unpaired) electrons. The summed E-state index contributed by atoms with van der Waals surface area (Å²) in [4.78, 5) is 12.5. The third-order valence-corrected chi connectivity index (χ3v) is 6.20. The molecule has 24 heavy (non-hydrogen) atoms. The minimum Gasteiger partial charge on any atom is -0.461 e. The van der Waals surface area contributed by atoms with Gasteiger partial charge in [0.15, 0.2) is 0 Å². The fourth-order valence-corrected chi connectivity index (χ4v) is 4.68. The molecule has 1 saturated heterocycles. The Kier molecular flexibility index (Phi) is 5.81. The first-order chi connectivity index (χ1) is 11.7. The van der Waals surface area contributed by atoms with Crippen LogP contribution in [0.4, 0.5) is 0 Å². The zero-order valence-electron chi connectivity index (χ0n) is 13.6. The van der Waals surface area contributed by atoms with Crippen molar-refractivity contribution in [3.05, 3.63) is 66.2 Å². The van der Waals surface area contributed by atoms with Crippen LogP contribution in [0.25, 0.3) is 0 Å². The number of ether oxygens (including phenoxy) is 1. The molecule has 3 nitrogen and oxygen atoms in total. The molecule has 3 atom stereocenters. The number of benzene rings is 2. The van der Waals surface area contributed by atoms with Gasteiger partial charge in [0, 0.05) is 11.3 Å². The molecule has 2 aromatic rings. The molecule has 0 spiro atoms. The minimum absolute atomic E-state index is 0.166. The predicted molar refractivity (Wildman–Crippen MR) is 95.1 cm³/mol. The molecule has 0 saturated carbocycles. The number of carbonyl (C=O) groups excluding carboxylic acids is 1. The van der Waals surface area contributed by atoms with Gasteiger partial charge in [0.05, 0.1) is 16.0 Å². The smallest absolute Gasteiger partial charge is 0.306 e. The van der Waals surface area contributed by atoms with Crippen molar-refractivity contribution in [1.82, 2.24) is 0 Å². The Morgan fingerprint density at radius 3 is 2.38 bits per heavy atom. The Morgan fingerprint density at radius 1 is 1.04 bits per heavy atom. The number of cyclic esters (lactones) is 1. The van der Waals surface area contributed by atoms with Crippen molar-refractivity contribution in [2.24, 2.45) is 0 Å². The van der Waals surface area contributed by atoms with Gasteiger partial charge in [-0.3, -0.25) is 9.00 Å². The molecule has 1 heterocycles. The lowest BCUT2D eigenvalue weighted by Crippen LogP contribution is -2.37. The zero-order valence-corrected chi connectivity index (χ0v) is 14.4. The van der Waals surface area contributed by atoms with Crippen LogP contribution in [-0.4, -0.2) is 21.5 Å². The Bertz CT molecular complexity index is 685. The largest absolute Gasteiger partial charge is 0.461 e. The second kappa shape index (κ2) is 8.25. The lowest BCUT2D eigenvalue weighted by Gasteiger charge is -2.29. The van der Waals surface area contributed by atoms with Crippen LogP contribution in [0, 0.1) is 0 Å². The fourth-order valence-electron chi connectivity index (χ4n) is 3.11. The molecule has 0 aromatic heterocycles. The Labute approximate surface area is 145 Å². The molecule has 1 aliphatic rings.